The molecule has 0 aliphatic heterocycles. The van der Waals surface area contributed by atoms with Gasteiger partial charge in [-0.3, -0.25) is 14.9 Å². The molecule has 0 atom stereocenters. The number of rotatable bonds is 7. The zero-order chi connectivity index (χ0) is 17.5. The molecule has 126 valence electrons. The SMILES string of the molecule is COc1ccc([N+](=O)[O-])cc1COC(=O)CSc1ccc(Br)cc1. The van der Waals surface area contributed by atoms with Gasteiger partial charge in [-0.25, -0.2) is 0 Å². The first-order valence-electron chi connectivity index (χ1n) is 6.85. The Hall–Kier alpha value is -2.06. The molecule has 0 heterocycles. The Kier molecular flexibility index (Phi) is 6.62. The molecule has 2 aromatic carbocycles. The highest BCUT2D eigenvalue weighted by Gasteiger charge is 2.13. The van der Waals surface area contributed by atoms with Crippen molar-refractivity contribution in [2.45, 2.75) is 11.5 Å². The summed E-state index contributed by atoms with van der Waals surface area (Å²) in [5.74, 6) is 0.184. The number of methoxy groups -OCH3 is 1. The van der Waals surface area contributed by atoms with Gasteiger partial charge in [-0.15, -0.1) is 11.8 Å². The molecule has 2 aromatic rings. The van der Waals surface area contributed by atoms with Crippen LogP contribution in [0.1, 0.15) is 5.56 Å². The minimum Gasteiger partial charge on any atom is -0.496 e. The zero-order valence-electron chi connectivity index (χ0n) is 12.7. The number of esters is 1. The number of nitro groups is 1. The summed E-state index contributed by atoms with van der Waals surface area (Å²) in [5.41, 5.74) is 0.375. The van der Waals surface area contributed by atoms with Gasteiger partial charge < -0.3 is 9.47 Å². The largest absolute Gasteiger partial charge is 0.496 e. The second kappa shape index (κ2) is 8.70. The summed E-state index contributed by atoms with van der Waals surface area (Å²) in [5, 5.41) is 10.8. The molecule has 0 amide bonds. The summed E-state index contributed by atoms with van der Waals surface area (Å²) in [6.45, 7) is -0.0788. The molecule has 0 unspecified atom stereocenters. The molecule has 0 aliphatic rings. The number of ether oxygens (including phenoxy) is 2. The van der Waals surface area contributed by atoms with Crippen LogP contribution in [0.3, 0.4) is 0 Å². The third-order valence-electron chi connectivity index (χ3n) is 3.03. The number of non-ortho nitro benzene ring substituents is 1. The van der Waals surface area contributed by atoms with Crippen molar-refractivity contribution in [2.24, 2.45) is 0 Å². The molecule has 0 bridgehead atoms. The van der Waals surface area contributed by atoms with E-state index in [1.165, 1.54) is 37.1 Å². The predicted molar refractivity (Wildman–Crippen MR) is 94.3 cm³/mol. The molecule has 0 fully saturated rings. The highest BCUT2D eigenvalue weighted by Crippen LogP contribution is 2.25. The lowest BCUT2D eigenvalue weighted by Gasteiger charge is -2.09. The maximum atomic E-state index is 11.8. The Morgan fingerprint density at radius 1 is 1.25 bits per heavy atom. The quantitative estimate of drug-likeness (QED) is 0.294. The first kappa shape index (κ1) is 18.3. The van der Waals surface area contributed by atoms with E-state index in [9.17, 15) is 14.9 Å². The van der Waals surface area contributed by atoms with Crippen molar-refractivity contribution in [3.05, 3.63) is 62.6 Å². The van der Waals surface area contributed by atoms with Crippen LogP contribution in [0.4, 0.5) is 5.69 Å². The molecule has 24 heavy (non-hydrogen) atoms. The summed E-state index contributed by atoms with van der Waals surface area (Å²) >= 11 is 4.70. The van der Waals surface area contributed by atoms with Gasteiger partial charge in [-0.1, -0.05) is 15.9 Å². The molecule has 6 nitrogen and oxygen atoms in total. The lowest BCUT2D eigenvalue weighted by molar-refractivity contribution is -0.385. The zero-order valence-corrected chi connectivity index (χ0v) is 15.1. The van der Waals surface area contributed by atoms with Crippen LogP contribution in [0.15, 0.2) is 51.8 Å². The van der Waals surface area contributed by atoms with E-state index in [4.69, 9.17) is 9.47 Å². The molecule has 0 saturated heterocycles. The normalized spacial score (nSPS) is 10.2. The topological polar surface area (TPSA) is 78.7 Å². The third-order valence-corrected chi connectivity index (χ3v) is 4.55. The monoisotopic (exact) mass is 411 g/mol. The third kappa shape index (κ3) is 5.24. The van der Waals surface area contributed by atoms with E-state index in [0.717, 1.165) is 9.37 Å². The van der Waals surface area contributed by atoms with E-state index in [2.05, 4.69) is 15.9 Å². The van der Waals surface area contributed by atoms with E-state index < -0.39 is 10.9 Å². The minimum absolute atomic E-state index is 0.0777. The van der Waals surface area contributed by atoms with Crippen molar-refractivity contribution < 1.29 is 19.2 Å². The van der Waals surface area contributed by atoms with Crippen LogP contribution in [0.25, 0.3) is 0 Å². The van der Waals surface area contributed by atoms with Crippen LogP contribution < -0.4 is 4.74 Å². The highest BCUT2D eigenvalue weighted by molar-refractivity contribution is 9.10. The van der Waals surface area contributed by atoms with Crippen molar-refractivity contribution >= 4 is 39.3 Å². The van der Waals surface area contributed by atoms with Gasteiger partial charge in [0, 0.05) is 27.1 Å². The Morgan fingerprint density at radius 3 is 2.58 bits per heavy atom. The maximum Gasteiger partial charge on any atom is 0.316 e. The predicted octanol–water partition coefficient (Wildman–Crippen LogP) is 4.20. The van der Waals surface area contributed by atoms with Crippen molar-refractivity contribution in [1.29, 1.82) is 0 Å². The number of nitro benzene ring substituents is 1. The first-order valence-corrected chi connectivity index (χ1v) is 8.62. The Morgan fingerprint density at radius 2 is 1.96 bits per heavy atom. The van der Waals surface area contributed by atoms with Crippen LogP contribution in [-0.2, 0) is 16.1 Å². The molecule has 0 N–H and O–H groups in total. The first-order chi connectivity index (χ1) is 11.5. The van der Waals surface area contributed by atoms with Crippen LogP contribution in [-0.4, -0.2) is 23.8 Å². The number of nitrogens with zero attached hydrogens (tertiary/aromatic N) is 1. The summed E-state index contributed by atoms with van der Waals surface area (Å²) < 4.78 is 11.3. The van der Waals surface area contributed by atoms with Gasteiger partial charge in [0.05, 0.1) is 17.8 Å². The lowest BCUT2D eigenvalue weighted by Crippen LogP contribution is -2.08. The number of hydrogen-bond acceptors (Lipinski definition) is 6. The van der Waals surface area contributed by atoms with Gasteiger partial charge >= 0.3 is 5.97 Å². The molecule has 0 saturated carbocycles. The summed E-state index contributed by atoms with van der Waals surface area (Å²) in [6, 6.07) is 11.7. The van der Waals surface area contributed by atoms with Crippen LogP contribution in [0, 0.1) is 10.1 Å². The van der Waals surface area contributed by atoms with Crippen molar-refractivity contribution in [2.75, 3.05) is 12.9 Å². The summed E-state index contributed by atoms with van der Waals surface area (Å²) in [4.78, 5) is 23.1. The van der Waals surface area contributed by atoms with E-state index in [1.54, 1.807) is 0 Å². The number of carbonyl (C=O) groups excluding carboxylic acids is 1. The van der Waals surface area contributed by atoms with Crippen molar-refractivity contribution in [1.82, 2.24) is 0 Å². The average Bonchev–Trinajstić information content (AvgIpc) is 2.59. The molecule has 8 heteroatoms. The standard InChI is InChI=1S/C16H14BrNO5S/c1-22-15-7-4-13(18(20)21)8-11(15)9-23-16(19)10-24-14-5-2-12(17)3-6-14/h2-8H,9-10H2,1H3. The molecular weight excluding hydrogens is 398 g/mol. The number of thioether (sulfide) groups is 1. The Bertz CT molecular complexity index is 736. The maximum absolute atomic E-state index is 11.8. The van der Waals surface area contributed by atoms with Gasteiger partial charge in [0.15, 0.2) is 0 Å². The van der Waals surface area contributed by atoms with Gasteiger partial charge in [-0.05, 0) is 30.3 Å². The number of hydrogen-bond donors (Lipinski definition) is 0. The summed E-state index contributed by atoms with van der Waals surface area (Å²) in [6.07, 6.45) is 0. The summed E-state index contributed by atoms with van der Waals surface area (Å²) in [7, 11) is 1.45. The smallest absolute Gasteiger partial charge is 0.316 e. The van der Waals surface area contributed by atoms with E-state index in [1.807, 2.05) is 24.3 Å². The van der Waals surface area contributed by atoms with Crippen molar-refractivity contribution in [3.63, 3.8) is 0 Å². The number of halogens is 1. The van der Waals surface area contributed by atoms with E-state index in [0.29, 0.717) is 11.3 Å². The van der Waals surface area contributed by atoms with Crippen LogP contribution in [0.2, 0.25) is 0 Å². The fourth-order valence-electron chi connectivity index (χ4n) is 1.86. The Labute approximate surface area is 151 Å². The number of benzene rings is 2. The van der Waals surface area contributed by atoms with E-state index >= 15 is 0 Å². The number of carbonyl (C=O) groups is 1. The van der Waals surface area contributed by atoms with Gasteiger partial charge in [0.1, 0.15) is 12.4 Å². The highest BCUT2D eigenvalue weighted by atomic mass is 79.9. The fraction of sp³-hybridized carbons (Fsp3) is 0.188. The fourth-order valence-corrected chi connectivity index (χ4v) is 2.83. The Balaban J connectivity index is 1.92. The second-order valence-electron chi connectivity index (χ2n) is 4.66. The molecule has 0 aromatic heterocycles. The minimum atomic E-state index is -0.506. The van der Waals surface area contributed by atoms with E-state index in [-0.39, 0.29) is 18.0 Å². The average molecular weight is 412 g/mol. The molecular formula is C16H14BrNO5S. The van der Waals surface area contributed by atoms with Crippen molar-refractivity contribution in [3.8, 4) is 5.75 Å². The lowest BCUT2D eigenvalue weighted by atomic mass is 10.2. The van der Waals surface area contributed by atoms with Gasteiger partial charge in [-0.2, -0.15) is 0 Å². The van der Waals surface area contributed by atoms with Gasteiger partial charge in [0.2, 0.25) is 0 Å². The molecule has 0 aliphatic carbocycles. The van der Waals surface area contributed by atoms with Gasteiger partial charge in [0.25, 0.3) is 5.69 Å². The van der Waals surface area contributed by atoms with Crippen LogP contribution in [0.5, 0.6) is 5.75 Å². The second-order valence-corrected chi connectivity index (χ2v) is 6.62. The van der Waals surface area contributed by atoms with Crippen LogP contribution >= 0.6 is 27.7 Å². The molecule has 2 rings (SSSR count). The molecule has 0 spiro atoms. The molecule has 0 radical (unpaired) electrons.